The highest BCUT2D eigenvalue weighted by Gasteiger charge is 2.08. The van der Waals surface area contributed by atoms with Gasteiger partial charge < -0.3 is 0 Å². The van der Waals surface area contributed by atoms with Crippen molar-refractivity contribution in [3.05, 3.63) is 40.3 Å². The summed E-state index contributed by atoms with van der Waals surface area (Å²) in [6.45, 7) is 1.71. The van der Waals surface area contributed by atoms with E-state index in [4.69, 9.17) is 10.7 Å². The van der Waals surface area contributed by atoms with Crippen LogP contribution in [0.25, 0.3) is 10.4 Å². The lowest BCUT2D eigenvalue weighted by Gasteiger charge is -2.05. The van der Waals surface area contributed by atoms with Crippen LogP contribution in [-0.4, -0.2) is 8.42 Å². The zero-order valence-corrected chi connectivity index (χ0v) is 8.85. The Bertz CT molecular complexity index is 488. The first-order chi connectivity index (χ1) is 6.95. The second-order valence-corrected chi connectivity index (χ2v) is 4.56. The Balaban J connectivity index is 3.05. The van der Waals surface area contributed by atoms with Gasteiger partial charge in [-0.25, -0.2) is 13.6 Å². The highest BCUT2D eigenvalue weighted by Crippen LogP contribution is 2.18. The Morgan fingerprint density at radius 2 is 1.93 bits per heavy atom. The fourth-order valence-electron chi connectivity index (χ4n) is 1.08. The molecule has 0 radical (unpaired) electrons. The number of benzene rings is 1. The zero-order chi connectivity index (χ0) is 11.5. The summed E-state index contributed by atoms with van der Waals surface area (Å²) in [5.41, 5.74) is 8.96. The number of hydrogen-bond donors (Lipinski definition) is 1. The molecule has 1 aromatic rings. The molecule has 15 heavy (non-hydrogen) atoms. The van der Waals surface area contributed by atoms with E-state index in [0.717, 1.165) is 5.56 Å². The highest BCUT2D eigenvalue weighted by molar-refractivity contribution is 7.89. The second-order valence-electron chi connectivity index (χ2n) is 2.99. The molecule has 2 N–H and O–H groups in total. The van der Waals surface area contributed by atoms with Gasteiger partial charge in [0.2, 0.25) is 10.0 Å². The van der Waals surface area contributed by atoms with Crippen molar-refractivity contribution in [3.8, 4) is 0 Å². The smallest absolute Gasteiger partial charge is 0.225 e. The summed E-state index contributed by atoms with van der Waals surface area (Å²) < 4.78 is 21.9. The van der Waals surface area contributed by atoms with E-state index >= 15 is 0 Å². The van der Waals surface area contributed by atoms with Crippen LogP contribution in [0.3, 0.4) is 0 Å². The van der Waals surface area contributed by atoms with Gasteiger partial charge in [-0.2, -0.15) is 0 Å². The summed E-state index contributed by atoms with van der Waals surface area (Å²) in [6.07, 6.45) is 0. The molecule has 80 valence electrons. The third-order valence-electron chi connectivity index (χ3n) is 1.92. The average molecular weight is 226 g/mol. The molecule has 0 unspecified atom stereocenters. The van der Waals surface area contributed by atoms with Crippen molar-refractivity contribution in [1.29, 1.82) is 0 Å². The van der Waals surface area contributed by atoms with Crippen LogP contribution in [0.5, 0.6) is 0 Å². The van der Waals surface area contributed by atoms with Crippen molar-refractivity contribution < 1.29 is 8.42 Å². The van der Waals surface area contributed by atoms with Gasteiger partial charge in [-0.15, -0.1) is 0 Å². The lowest BCUT2D eigenvalue weighted by molar-refractivity contribution is 0.597. The van der Waals surface area contributed by atoms with Gasteiger partial charge in [0.25, 0.3) is 0 Å². The van der Waals surface area contributed by atoms with Crippen LogP contribution in [0.1, 0.15) is 18.5 Å². The van der Waals surface area contributed by atoms with Crippen LogP contribution in [0.15, 0.2) is 34.3 Å². The molecule has 0 saturated carbocycles. The average Bonchev–Trinajstić information content (AvgIpc) is 2.17. The van der Waals surface area contributed by atoms with Crippen LogP contribution < -0.4 is 5.14 Å². The van der Waals surface area contributed by atoms with Crippen molar-refractivity contribution >= 4 is 10.0 Å². The van der Waals surface area contributed by atoms with Gasteiger partial charge >= 0.3 is 0 Å². The molecule has 6 nitrogen and oxygen atoms in total. The van der Waals surface area contributed by atoms with Crippen LogP contribution in [0.2, 0.25) is 0 Å². The number of rotatable bonds is 3. The molecule has 1 rings (SSSR count). The number of hydrogen-bond acceptors (Lipinski definition) is 3. The van der Waals surface area contributed by atoms with Gasteiger partial charge in [-0.3, -0.25) is 0 Å². The third kappa shape index (κ3) is 2.95. The Hall–Kier alpha value is -1.56. The van der Waals surface area contributed by atoms with Crippen LogP contribution in [0.4, 0.5) is 0 Å². The molecule has 0 fully saturated rings. The minimum atomic E-state index is -3.66. The molecule has 0 aliphatic rings. The van der Waals surface area contributed by atoms with E-state index in [9.17, 15) is 8.42 Å². The van der Waals surface area contributed by atoms with E-state index in [-0.39, 0.29) is 10.9 Å². The Kier molecular flexibility index (Phi) is 3.31. The van der Waals surface area contributed by atoms with Gasteiger partial charge in [-0.05, 0) is 23.2 Å². The Morgan fingerprint density at radius 1 is 1.40 bits per heavy atom. The second kappa shape index (κ2) is 4.31. The molecular formula is C8H10N4O2S. The number of nitrogens with zero attached hydrogens (tertiary/aromatic N) is 3. The molecule has 0 saturated heterocycles. The number of azide groups is 1. The molecular weight excluding hydrogens is 216 g/mol. The molecule has 0 heterocycles. The SMILES string of the molecule is C[C@@H](N=[N+]=[N-])c1ccc(S(N)(=O)=O)cc1. The molecule has 0 aliphatic carbocycles. The Morgan fingerprint density at radius 3 is 2.33 bits per heavy atom. The predicted octanol–water partition coefficient (Wildman–Crippen LogP) is 1.71. The first-order valence-electron chi connectivity index (χ1n) is 4.12. The van der Waals surface area contributed by atoms with E-state index in [2.05, 4.69) is 10.0 Å². The first-order valence-corrected chi connectivity index (χ1v) is 5.67. The number of sulfonamides is 1. The summed E-state index contributed by atoms with van der Waals surface area (Å²) in [5, 5.41) is 8.42. The topological polar surface area (TPSA) is 109 Å². The minimum absolute atomic E-state index is 0.0411. The van der Waals surface area contributed by atoms with Crippen LogP contribution >= 0.6 is 0 Å². The van der Waals surface area contributed by atoms with Gasteiger partial charge in [0.05, 0.1) is 10.9 Å². The Labute approximate surface area is 87.4 Å². The molecule has 1 atom stereocenters. The summed E-state index contributed by atoms with van der Waals surface area (Å²) in [5.74, 6) is 0. The summed E-state index contributed by atoms with van der Waals surface area (Å²) in [6, 6.07) is 5.57. The maximum atomic E-state index is 10.9. The monoisotopic (exact) mass is 226 g/mol. The third-order valence-corrected chi connectivity index (χ3v) is 2.85. The molecule has 0 aliphatic heterocycles. The fraction of sp³-hybridized carbons (Fsp3) is 0.250. The maximum absolute atomic E-state index is 10.9. The molecule has 1 aromatic carbocycles. The molecule has 0 spiro atoms. The van der Waals surface area contributed by atoms with Gasteiger partial charge in [0.15, 0.2) is 0 Å². The largest absolute Gasteiger partial charge is 0.238 e. The van der Waals surface area contributed by atoms with Crippen LogP contribution in [-0.2, 0) is 10.0 Å². The maximum Gasteiger partial charge on any atom is 0.238 e. The predicted molar refractivity (Wildman–Crippen MR) is 55.4 cm³/mol. The standard InChI is InChI=1S/C8H10N4O2S/c1-6(11-12-9)7-2-4-8(5-3-7)15(10,13)14/h2-6H,1H3,(H2,10,13,14)/t6-/m1/s1. The summed E-state index contributed by atoms with van der Waals surface area (Å²) in [4.78, 5) is 2.71. The van der Waals surface area contributed by atoms with E-state index in [1.54, 1.807) is 19.1 Å². The van der Waals surface area contributed by atoms with E-state index in [1.807, 2.05) is 0 Å². The van der Waals surface area contributed by atoms with Crippen molar-refractivity contribution in [1.82, 2.24) is 0 Å². The van der Waals surface area contributed by atoms with Crippen molar-refractivity contribution in [2.75, 3.05) is 0 Å². The molecule has 7 heteroatoms. The normalized spacial score (nSPS) is 12.9. The van der Waals surface area contributed by atoms with E-state index < -0.39 is 10.0 Å². The lowest BCUT2D eigenvalue weighted by atomic mass is 10.1. The van der Waals surface area contributed by atoms with Crippen molar-refractivity contribution in [3.63, 3.8) is 0 Å². The van der Waals surface area contributed by atoms with E-state index in [0.29, 0.717) is 0 Å². The first kappa shape index (κ1) is 11.5. The van der Waals surface area contributed by atoms with Gasteiger partial charge in [0.1, 0.15) is 0 Å². The summed E-state index contributed by atoms with van der Waals surface area (Å²) in [7, 11) is -3.66. The zero-order valence-electron chi connectivity index (χ0n) is 8.03. The van der Waals surface area contributed by atoms with Crippen molar-refractivity contribution in [2.24, 2.45) is 10.3 Å². The van der Waals surface area contributed by atoms with Gasteiger partial charge in [0, 0.05) is 4.91 Å². The number of nitrogens with two attached hydrogens (primary N) is 1. The highest BCUT2D eigenvalue weighted by atomic mass is 32.2. The molecule has 0 aromatic heterocycles. The van der Waals surface area contributed by atoms with Gasteiger partial charge in [-0.1, -0.05) is 24.2 Å². The number of primary sulfonamides is 1. The van der Waals surface area contributed by atoms with Crippen molar-refractivity contribution in [2.45, 2.75) is 17.9 Å². The molecule has 0 bridgehead atoms. The minimum Gasteiger partial charge on any atom is -0.225 e. The molecule has 0 amide bonds. The van der Waals surface area contributed by atoms with Crippen LogP contribution in [0, 0.1) is 0 Å². The van der Waals surface area contributed by atoms with E-state index in [1.165, 1.54) is 12.1 Å². The fourth-order valence-corrected chi connectivity index (χ4v) is 1.60. The lowest BCUT2D eigenvalue weighted by Crippen LogP contribution is -2.11. The summed E-state index contributed by atoms with van der Waals surface area (Å²) >= 11 is 0. The quantitative estimate of drug-likeness (QED) is 0.480.